The number of rotatable bonds is 6. The van der Waals surface area contributed by atoms with E-state index in [4.69, 9.17) is 4.74 Å². The molecule has 0 radical (unpaired) electrons. The van der Waals surface area contributed by atoms with E-state index < -0.39 is 21.8 Å². The van der Waals surface area contributed by atoms with Gasteiger partial charge in [-0.1, -0.05) is 30.3 Å². The number of hydrogen-bond donors (Lipinski definition) is 1. The maximum absolute atomic E-state index is 13.2. The maximum Gasteiger partial charge on any atom is 0.243 e. The van der Waals surface area contributed by atoms with Gasteiger partial charge in [0.2, 0.25) is 15.9 Å². The van der Waals surface area contributed by atoms with Gasteiger partial charge in [0, 0.05) is 38.3 Å². The largest absolute Gasteiger partial charge is 0.381 e. The lowest BCUT2D eigenvalue weighted by Crippen LogP contribution is -2.49. The molecule has 1 atom stereocenters. The van der Waals surface area contributed by atoms with Crippen molar-refractivity contribution < 1.29 is 22.3 Å². The molecule has 2 aromatic carbocycles. The minimum Gasteiger partial charge on any atom is -0.381 e. The summed E-state index contributed by atoms with van der Waals surface area (Å²) >= 11 is 0. The summed E-state index contributed by atoms with van der Waals surface area (Å²) in [4.78, 5) is 13.1. The number of carbonyl (C=O) groups excluding carboxylic acids is 1. The number of piperidine rings is 1. The molecular formula is C24H29FN2O4S. The Hall–Kier alpha value is -2.29. The average Bonchev–Trinajstić information content (AvgIpc) is 2.84. The molecule has 8 heteroatoms. The lowest BCUT2D eigenvalue weighted by Gasteiger charge is -2.38. The van der Waals surface area contributed by atoms with Gasteiger partial charge in [-0.3, -0.25) is 4.79 Å². The first-order valence-corrected chi connectivity index (χ1v) is 12.5. The molecule has 2 saturated heterocycles. The van der Waals surface area contributed by atoms with E-state index in [0.29, 0.717) is 39.1 Å². The normalized spacial score (nSPS) is 21.7. The van der Waals surface area contributed by atoms with Crippen LogP contribution in [0.3, 0.4) is 0 Å². The molecule has 0 saturated carbocycles. The fourth-order valence-corrected chi connectivity index (χ4v) is 6.18. The summed E-state index contributed by atoms with van der Waals surface area (Å²) in [5, 5.41) is 3.12. The van der Waals surface area contributed by atoms with Crippen molar-refractivity contribution in [2.24, 2.45) is 5.92 Å². The molecule has 2 aliphatic rings. The molecule has 0 aliphatic carbocycles. The monoisotopic (exact) mass is 460 g/mol. The SMILES string of the molecule is O=C(NCC1(c2ccccc2)CCOCC1)C1CCCN(S(=O)(=O)c2ccc(F)cc2)C1. The van der Waals surface area contributed by atoms with Crippen molar-refractivity contribution in [1.29, 1.82) is 0 Å². The zero-order chi connectivity index (χ0) is 22.6. The summed E-state index contributed by atoms with van der Waals surface area (Å²) in [6.45, 7) is 2.29. The number of benzene rings is 2. The number of hydrogen-bond acceptors (Lipinski definition) is 4. The Bertz CT molecular complexity index is 1020. The van der Waals surface area contributed by atoms with Gasteiger partial charge in [-0.25, -0.2) is 12.8 Å². The van der Waals surface area contributed by atoms with Crippen molar-refractivity contribution in [3.8, 4) is 0 Å². The summed E-state index contributed by atoms with van der Waals surface area (Å²) in [5.41, 5.74) is 1.01. The second-order valence-corrected chi connectivity index (χ2v) is 10.6. The number of sulfonamides is 1. The quantitative estimate of drug-likeness (QED) is 0.719. The predicted molar refractivity (Wildman–Crippen MR) is 119 cm³/mol. The van der Waals surface area contributed by atoms with Crippen LogP contribution in [-0.2, 0) is 25.0 Å². The lowest BCUT2D eigenvalue weighted by molar-refractivity contribution is -0.126. The Labute approximate surface area is 188 Å². The van der Waals surface area contributed by atoms with Crippen molar-refractivity contribution in [2.75, 3.05) is 32.8 Å². The van der Waals surface area contributed by atoms with Crippen molar-refractivity contribution >= 4 is 15.9 Å². The molecule has 172 valence electrons. The molecule has 2 fully saturated rings. The second kappa shape index (κ2) is 9.68. The topological polar surface area (TPSA) is 75.7 Å². The van der Waals surface area contributed by atoms with Crippen LogP contribution < -0.4 is 5.32 Å². The van der Waals surface area contributed by atoms with Gasteiger partial charge in [0.1, 0.15) is 5.82 Å². The summed E-state index contributed by atoms with van der Waals surface area (Å²) in [7, 11) is -3.77. The zero-order valence-electron chi connectivity index (χ0n) is 18.0. The first-order valence-electron chi connectivity index (χ1n) is 11.1. The molecule has 32 heavy (non-hydrogen) atoms. The van der Waals surface area contributed by atoms with Crippen molar-refractivity contribution in [3.63, 3.8) is 0 Å². The molecule has 0 spiro atoms. The summed E-state index contributed by atoms with van der Waals surface area (Å²) in [5.74, 6) is -1.02. The molecule has 2 heterocycles. The Balaban J connectivity index is 1.43. The molecule has 1 amide bonds. The molecule has 2 aliphatic heterocycles. The lowest BCUT2D eigenvalue weighted by atomic mass is 9.74. The van der Waals surface area contributed by atoms with Gasteiger partial charge in [-0.15, -0.1) is 0 Å². The number of nitrogens with zero attached hydrogens (tertiary/aromatic N) is 1. The Kier molecular flexibility index (Phi) is 6.93. The van der Waals surface area contributed by atoms with Gasteiger partial charge in [0.25, 0.3) is 0 Å². The minimum absolute atomic E-state index is 0.0465. The van der Waals surface area contributed by atoms with Crippen LogP contribution >= 0.6 is 0 Å². The molecule has 0 bridgehead atoms. The number of nitrogens with one attached hydrogen (secondary N) is 1. The third-order valence-corrected chi connectivity index (χ3v) is 8.52. The first kappa shape index (κ1) is 22.9. The third-order valence-electron chi connectivity index (χ3n) is 6.64. The van der Waals surface area contributed by atoms with E-state index in [0.717, 1.165) is 25.0 Å². The van der Waals surface area contributed by atoms with Crippen LogP contribution in [0, 0.1) is 11.7 Å². The van der Waals surface area contributed by atoms with Crippen LogP contribution in [0.2, 0.25) is 0 Å². The average molecular weight is 461 g/mol. The number of halogens is 1. The zero-order valence-corrected chi connectivity index (χ0v) is 18.8. The second-order valence-electron chi connectivity index (χ2n) is 8.63. The van der Waals surface area contributed by atoms with Gasteiger partial charge < -0.3 is 10.1 Å². The minimum atomic E-state index is -3.77. The van der Waals surface area contributed by atoms with E-state index in [1.807, 2.05) is 18.2 Å². The van der Waals surface area contributed by atoms with E-state index in [-0.39, 0.29) is 22.8 Å². The van der Waals surface area contributed by atoms with E-state index in [1.165, 1.54) is 22.0 Å². The van der Waals surface area contributed by atoms with Crippen LogP contribution in [0.4, 0.5) is 4.39 Å². The molecule has 1 unspecified atom stereocenters. The molecule has 2 aromatic rings. The van der Waals surface area contributed by atoms with E-state index in [2.05, 4.69) is 17.4 Å². The van der Waals surface area contributed by atoms with Crippen molar-refractivity contribution in [2.45, 2.75) is 36.0 Å². The van der Waals surface area contributed by atoms with Gasteiger partial charge >= 0.3 is 0 Å². The highest BCUT2D eigenvalue weighted by molar-refractivity contribution is 7.89. The highest BCUT2D eigenvalue weighted by Crippen LogP contribution is 2.34. The molecule has 6 nitrogen and oxygen atoms in total. The molecule has 1 N–H and O–H groups in total. The summed E-state index contributed by atoms with van der Waals surface area (Å²) in [6, 6.07) is 15.0. The van der Waals surface area contributed by atoms with Crippen LogP contribution in [0.25, 0.3) is 0 Å². The highest BCUT2D eigenvalue weighted by atomic mass is 32.2. The van der Waals surface area contributed by atoms with Gasteiger partial charge in [-0.05, 0) is 55.5 Å². The van der Waals surface area contributed by atoms with Crippen LogP contribution in [0.5, 0.6) is 0 Å². The van der Waals surface area contributed by atoms with E-state index in [1.54, 1.807) is 0 Å². The Morgan fingerprint density at radius 1 is 1.09 bits per heavy atom. The van der Waals surface area contributed by atoms with Crippen LogP contribution in [-0.4, -0.2) is 51.5 Å². The smallest absolute Gasteiger partial charge is 0.243 e. The van der Waals surface area contributed by atoms with Gasteiger partial charge in [0.15, 0.2) is 0 Å². The summed E-state index contributed by atoms with van der Waals surface area (Å²) < 4.78 is 46.0. The Morgan fingerprint density at radius 2 is 1.78 bits per heavy atom. The molecule has 4 rings (SSSR count). The molecular weight excluding hydrogens is 431 g/mol. The third kappa shape index (κ3) is 4.87. The van der Waals surface area contributed by atoms with Gasteiger partial charge in [0.05, 0.1) is 10.8 Å². The van der Waals surface area contributed by atoms with E-state index in [9.17, 15) is 17.6 Å². The first-order chi connectivity index (χ1) is 15.4. The van der Waals surface area contributed by atoms with Crippen molar-refractivity contribution in [1.82, 2.24) is 9.62 Å². The highest BCUT2D eigenvalue weighted by Gasteiger charge is 2.37. The number of amides is 1. The predicted octanol–water partition coefficient (Wildman–Crippen LogP) is 3.09. The van der Waals surface area contributed by atoms with Gasteiger partial charge in [-0.2, -0.15) is 4.31 Å². The van der Waals surface area contributed by atoms with E-state index >= 15 is 0 Å². The van der Waals surface area contributed by atoms with Crippen LogP contribution in [0.15, 0.2) is 59.5 Å². The fourth-order valence-electron chi connectivity index (χ4n) is 4.65. The van der Waals surface area contributed by atoms with Crippen molar-refractivity contribution in [3.05, 3.63) is 66.0 Å². The molecule has 0 aromatic heterocycles. The Morgan fingerprint density at radius 3 is 2.47 bits per heavy atom. The summed E-state index contributed by atoms with van der Waals surface area (Å²) in [6.07, 6.45) is 2.90. The van der Waals surface area contributed by atoms with Crippen LogP contribution in [0.1, 0.15) is 31.2 Å². The number of ether oxygens (including phenoxy) is 1. The fraction of sp³-hybridized carbons (Fsp3) is 0.458. The standard InChI is InChI=1S/C24H29FN2O4S/c25-21-8-10-22(11-9-21)32(29,30)27-14-4-5-19(17-27)23(28)26-18-24(12-15-31-16-13-24)20-6-2-1-3-7-20/h1-3,6-11,19H,4-5,12-18H2,(H,26,28). The maximum atomic E-state index is 13.2. The number of carbonyl (C=O) groups is 1.